The van der Waals surface area contributed by atoms with Crippen LogP contribution in [0.3, 0.4) is 0 Å². The van der Waals surface area contributed by atoms with Crippen LogP contribution in [0.4, 0.5) is 0 Å². The van der Waals surface area contributed by atoms with Crippen molar-refractivity contribution in [3.63, 3.8) is 0 Å². The largest absolute Gasteiger partial charge is 0.472 e. The number of unbranched alkanes of at least 4 members (excludes halogenated alkanes) is 51. The normalized spacial score (nSPS) is 13.9. The van der Waals surface area contributed by atoms with Crippen LogP contribution in [0.5, 0.6) is 0 Å². The van der Waals surface area contributed by atoms with Gasteiger partial charge in [-0.25, -0.2) is 9.13 Å². The van der Waals surface area contributed by atoms with Gasteiger partial charge in [0, 0.05) is 25.7 Å². The molecule has 19 heteroatoms. The molecule has 0 saturated heterocycles. The first kappa shape index (κ1) is 102. The number of aliphatic hydroxyl groups is 1. The summed E-state index contributed by atoms with van der Waals surface area (Å²) < 4.78 is 68.9. The van der Waals surface area contributed by atoms with Crippen molar-refractivity contribution in [1.29, 1.82) is 0 Å². The lowest BCUT2D eigenvalue weighted by molar-refractivity contribution is -0.161. The highest BCUT2D eigenvalue weighted by atomic mass is 31.2. The molecule has 0 aromatic rings. The van der Waals surface area contributed by atoms with Gasteiger partial charge in [0.05, 0.1) is 26.4 Å². The smallest absolute Gasteiger partial charge is 0.462 e. The molecule has 17 nitrogen and oxygen atoms in total. The van der Waals surface area contributed by atoms with Gasteiger partial charge in [0.2, 0.25) is 0 Å². The maximum Gasteiger partial charge on any atom is 0.472 e. The van der Waals surface area contributed by atoms with Crippen LogP contribution in [-0.2, 0) is 65.4 Å². The Balaban J connectivity index is 5.27. The van der Waals surface area contributed by atoms with Gasteiger partial charge in [0.15, 0.2) is 12.2 Å². The summed E-state index contributed by atoms with van der Waals surface area (Å²) in [5.41, 5.74) is 0. The molecule has 0 spiro atoms. The summed E-state index contributed by atoms with van der Waals surface area (Å²) >= 11 is 0. The van der Waals surface area contributed by atoms with E-state index in [4.69, 9.17) is 37.0 Å². The molecule has 5 atom stereocenters. The van der Waals surface area contributed by atoms with Gasteiger partial charge < -0.3 is 33.8 Å². The molecular weight excluding hydrogens is 1350 g/mol. The van der Waals surface area contributed by atoms with E-state index in [9.17, 15) is 43.2 Å². The Hall–Kier alpha value is -1.94. The van der Waals surface area contributed by atoms with Gasteiger partial charge in [-0.15, -0.1) is 0 Å². The van der Waals surface area contributed by atoms with Crippen LogP contribution in [0, 0.1) is 17.8 Å². The summed E-state index contributed by atoms with van der Waals surface area (Å²) in [5.74, 6) is 0.282. The van der Waals surface area contributed by atoms with Crippen molar-refractivity contribution in [2.45, 2.75) is 465 Å². The topological polar surface area (TPSA) is 237 Å². The first-order valence-electron chi connectivity index (χ1n) is 43.8. The minimum absolute atomic E-state index is 0.107. The van der Waals surface area contributed by atoms with Gasteiger partial charge in [-0.05, 0) is 43.4 Å². The maximum atomic E-state index is 13.1. The highest BCUT2D eigenvalue weighted by molar-refractivity contribution is 7.47. The van der Waals surface area contributed by atoms with Crippen molar-refractivity contribution in [2.75, 3.05) is 39.6 Å². The van der Waals surface area contributed by atoms with Gasteiger partial charge >= 0.3 is 39.5 Å². The zero-order chi connectivity index (χ0) is 76.5. The van der Waals surface area contributed by atoms with E-state index in [1.807, 2.05) is 0 Å². The molecule has 0 aliphatic rings. The van der Waals surface area contributed by atoms with Crippen molar-refractivity contribution >= 4 is 39.5 Å². The Morgan fingerprint density at radius 2 is 0.442 bits per heavy atom. The van der Waals surface area contributed by atoms with Gasteiger partial charge in [0.25, 0.3) is 0 Å². The number of hydrogen-bond acceptors (Lipinski definition) is 15. The third kappa shape index (κ3) is 78.2. The van der Waals surface area contributed by atoms with Gasteiger partial charge in [-0.2, -0.15) is 0 Å². The van der Waals surface area contributed by atoms with Gasteiger partial charge in [-0.3, -0.25) is 37.3 Å². The predicted octanol–water partition coefficient (Wildman–Crippen LogP) is 25.7. The number of esters is 4. The molecule has 0 fully saturated rings. The molecule has 104 heavy (non-hydrogen) atoms. The Morgan fingerprint density at radius 3 is 0.654 bits per heavy atom. The van der Waals surface area contributed by atoms with Gasteiger partial charge in [-0.1, -0.05) is 395 Å². The highest BCUT2D eigenvalue weighted by Gasteiger charge is 2.30. The summed E-state index contributed by atoms with van der Waals surface area (Å²) in [7, 11) is -9.93. The van der Waals surface area contributed by atoms with Crippen LogP contribution in [0.1, 0.15) is 447 Å². The third-order valence-corrected chi connectivity index (χ3v) is 21.8. The van der Waals surface area contributed by atoms with Crippen LogP contribution >= 0.6 is 15.6 Å². The van der Waals surface area contributed by atoms with E-state index in [-0.39, 0.29) is 25.7 Å². The van der Waals surface area contributed by atoms with E-state index >= 15 is 0 Å². The van der Waals surface area contributed by atoms with Crippen molar-refractivity contribution in [2.24, 2.45) is 17.8 Å². The van der Waals surface area contributed by atoms with Crippen LogP contribution in [0.25, 0.3) is 0 Å². The lowest BCUT2D eigenvalue weighted by Crippen LogP contribution is -2.30. The molecule has 2 unspecified atom stereocenters. The lowest BCUT2D eigenvalue weighted by atomic mass is 10.0. The average molecular weight is 1520 g/mol. The van der Waals surface area contributed by atoms with E-state index in [1.54, 1.807) is 0 Å². The SMILES string of the molecule is CCCCCCCCCCCCCCCC(=O)OC[C@H](COP(=O)(O)OC[C@H](O)COP(=O)(O)OC[C@@H](COC(=O)CCCCCCCCCCCCCCCCC(C)C)OC(=O)CCCCCCCCCCCCCCCCCCC(C)C)OC(=O)CCCCCCCCCCCCCCC(C)C. The number of hydrogen-bond donors (Lipinski definition) is 3. The van der Waals surface area contributed by atoms with E-state index in [0.717, 1.165) is 108 Å². The Labute approximate surface area is 638 Å². The predicted molar refractivity (Wildman–Crippen MR) is 428 cm³/mol. The van der Waals surface area contributed by atoms with Crippen LogP contribution in [0.15, 0.2) is 0 Å². The number of aliphatic hydroxyl groups excluding tert-OH is 1. The minimum Gasteiger partial charge on any atom is -0.462 e. The fourth-order valence-electron chi connectivity index (χ4n) is 13.2. The van der Waals surface area contributed by atoms with Crippen molar-refractivity contribution < 1.29 is 80.2 Å². The number of phosphoric ester groups is 2. The Bertz CT molecular complexity index is 2010. The molecular formula is C85H166O17P2. The van der Waals surface area contributed by atoms with Crippen molar-refractivity contribution in [3.8, 4) is 0 Å². The number of rotatable bonds is 83. The molecule has 0 aromatic carbocycles. The second-order valence-corrected chi connectivity index (χ2v) is 34.9. The zero-order valence-electron chi connectivity index (χ0n) is 68.5. The first-order valence-corrected chi connectivity index (χ1v) is 46.8. The summed E-state index contributed by atoms with van der Waals surface area (Å²) in [5, 5.41) is 10.7. The van der Waals surface area contributed by atoms with Crippen LogP contribution < -0.4 is 0 Å². The van der Waals surface area contributed by atoms with E-state index < -0.39 is 97.5 Å². The summed E-state index contributed by atoms with van der Waals surface area (Å²) in [4.78, 5) is 73.2. The number of phosphoric acid groups is 2. The molecule has 0 aliphatic carbocycles. The Morgan fingerprint density at radius 1 is 0.260 bits per heavy atom. The minimum atomic E-state index is -4.97. The maximum absolute atomic E-state index is 13.1. The molecule has 0 aromatic heterocycles. The zero-order valence-corrected chi connectivity index (χ0v) is 70.3. The first-order chi connectivity index (χ1) is 50.2. The second-order valence-electron chi connectivity index (χ2n) is 32.0. The molecule has 618 valence electrons. The number of carbonyl (C=O) groups excluding carboxylic acids is 4. The monoisotopic (exact) mass is 1520 g/mol. The summed E-state index contributed by atoms with van der Waals surface area (Å²) in [6.45, 7) is 12.0. The molecule has 0 saturated carbocycles. The van der Waals surface area contributed by atoms with E-state index in [2.05, 4.69) is 48.5 Å². The van der Waals surface area contributed by atoms with E-state index in [0.29, 0.717) is 25.7 Å². The molecule has 0 bridgehead atoms. The number of carbonyl (C=O) groups is 4. The van der Waals surface area contributed by atoms with Crippen molar-refractivity contribution in [3.05, 3.63) is 0 Å². The van der Waals surface area contributed by atoms with Crippen molar-refractivity contribution in [1.82, 2.24) is 0 Å². The summed E-state index contributed by atoms with van der Waals surface area (Å²) in [6.07, 6.45) is 65.1. The Kier molecular flexibility index (Phi) is 73.7. The molecule has 3 N–H and O–H groups in total. The number of ether oxygens (including phenoxy) is 4. The van der Waals surface area contributed by atoms with Crippen LogP contribution in [0.2, 0.25) is 0 Å². The summed E-state index contributed by atoms with van der Waals surface area (Å²) in [6, 6.07) is 0. The van der Waals surface area contributed by atoms with Crippen LogP contribution in [-0.4, -0.2) is 96.7 Å². The van der Waals surface area contributed by atoms with E-state index in [1.165, 1.54) is 257 Å². The highest BCUT2D eigenvalue weighted by Crippen LogP contribution is 2.45. The molecule has 0 rings (SSSR count). The molecule has 0 heterocycles. The fraction of sp³-hybridized carbons (Fsp3) is 0.953. The standard InChI is InChI=1S/C85H166O17P2/c1-8-9-10-11-12-13-14-21-31-38-45-52-59-66-82(87)95-72-81(102-85(90)69-62-55-48-41-34-27-26-30-37-44-51-58-65-78(6)7)75-100-104(93,94)98-71-79(86)70-97-103(91,92)99-74-80(73-96-83(88)67-60-53-46-39-32-24-20-19-23-29-36-43-50-57-64-77(4)5)101-84(89)68-61-54-47-40-33-25-18-16-15-17-22-28-35-42-49-56-63-76(2)3/h76-81,86H,8-75H2,1-7H3,(H,91,92)(H,93,94)/t79-,80-,81-/m1/s1. The molecule has 0 amide bonds. The lowest BCUT2D eigenvalue weighted by Gasteiger charge is -2.21. The second kappa shape index (κ2) is 75.1. The molecule has 0 aliphatic heterocycles. The molecule has 0 radical (unpaired) electrons. The third-order valence-electron chi connectivity index (χ3n) is 19.9. The average Bonchev–Trinajstić information content (AvgIpc) is 1.02. The fourth-order valence-corrected chi connectivity index (χ4v) is 14.8. The quantitative estimate of drug-likeness (QED) is 0.0222. The van der Waals surface area contributed by atoms with Gasteiger partial charge in [0.1, 0.15) is 19.3 Å².